The second-order valence-corrected chi connectivity index (χ2v) is 8.53. The summed E-state index contributed by atoms with van der Waals surface area (Å²) in [6, 6.07) is 7.47. The molecule has 0 saturated heterocycles. The molecule has 154 valence electrons. The lowest BCUT2D eigenvalue weighted by Crippen LogP contribution is -2.49. The van der Waals surface area contributed by atoms with E-state index < -0.39 is 27.9 Å². The Morgan fingerprint density at radius 1 is 1.00 bits per heavy atom. The fourth-order valence-corrected chi connectivity index (χ4v) is 3.82. The fraction of sp³-hybridized carbons (Fsp3) is 0.348. The van der Waals surface area contributed by atoms with Gasteiger partial charge in [-0.05, 0) is 74.6 Å². The molecule has 1 aliphatic rings. The number of rotatable bonds is 3. The van der Waals surface area contributed by atoms with Crippen molar-refractivity contribution in [2.75, 3.05) is 0 Å². The predicted octanol–water partition coefficient (Wildman–Crippen LogP) is 6.27. The molecule has 2 aromatic carbocycles. The van der Waals surface area contributed by atoms with E-state index in [4.69, 9.17) is 16.3 Å². The summed E-state index contributed by atoms with van der Waals surface area (Å²) in [5.41, 5.74) is 0.101. The van der Waals surface area contributed by atoms with Crippen LogP contribution in [-0.2, 0) is 16.0 Å². The highest BCUT2D eigenvalue weighted by atomic mass is 35.5. The van der Waals surface area contributed by atoms with Gasteiger partial charge in [-0.15, -0.1) is 0 Å². The number of aliphatic hydroxyl groups is 1. The Labute approximate surface area is 174 Å². The number of carbonyl (C=O) groups excluding carboxylic acids is 1. The van der Waals surface area contributed by atoms with Gasteiger partial charge in [-0.2, -0.15) is 0 Å². The first-order valence-corrected chi connectivity index (χ1v) is 9.73. The lowest BCUT2D eigenvalue weighted by atomic mass is 9.80. The highest BCUT2D eigenvalue weighted by Crippen LogP contribution is 2.42. The fourth-order valence-electron chi connectivity index (χ4n) is 3.71. The molecule has 1 heterocycles. The quantitative estimate of drug-likeness (QED) is 0.595. The van der Waals surface area contributed by atoms with Crippen molar-refractivity contribution < 1.29 is 23.4 Å². The van der Waals surface area contributed by atoms with Crippen molar-refractivity contribution in [3.63, 3.8) is 0 Å². The van der Waals surface area contributed by atoms with E-state index in [0.29, 0.717) is 17.5 Å². The number of Topliss-reactive ketones (excluding diaryl/α,β-unsaturated/α-hetero) is 1. The molecule has 0 fully saturated rings. The zero-order chi connectivity index (χ0) is 21.7. The van der Waals surface area contributed by atoms with Crippen LogP contribution >= 0.6 is 11.6 Å². The second-order valence-electron chi connectivity index (χ2n) is 8.15. The molecule has 0 bridgehead atoms. The molecule has 0 radical (unpaired) electrons. The molecule has 3 nitrogen and oxygen atoms in total. The van der Waals surface area contributed by atoms with E-state index in [2.05, 4.69) is 0 Å². The van der Waals surface area contributed by atoms with Crippen LogP contribution in [0.1, 0.15) is 45.7 Å². The average molecular weight is 421 g/mol. The highest BCUT2D eigenvalue weighted by molar-refractivity contribution is 6.31. The molecule has 0 saturated carbocycles. The van der Waals surface area contributed by atoms with Crippen LogP contribution < -0.4 is 0 Å². The topological polar surface area (TPSA) is 46.5 Å². The molecular weight excluding hydrogens is 398 g/mol. The van der Waals surface area contributed by atoms with Crippen molar-refractivity contribution in [3.8, 4) is 11.1 Å². The third-order valence-electron chi connectivity index (χ3n) is 5.17. The standard InChI is InChI=1S/C23H23ClF2O3/c1-6-12-7-8-13(14-10-16(25)19(24)17(26)11-14)9-15(12)18-20(27)22(2,3)29-23(4,5)21(18)28/h7-11,27H,6H2,1-5H3. The third kappa shape index (κ3) is 3.69. The normalized spacial score (nSPS) is 18.3. The molecule has 2 aromatic rings. The largest absolute Gasteiger partial charge is 0.508 e. The Morgan fingerprint density at radius 2 is 1.59 bits per heavy atom. The van der Waals surface area contributed by atoms with Crippen molar-refractivity contribution in [2.24, 2.45) is 0 Å². The van der Waals surface area contributed by atoms with Crippen molar-refractivity contribution in [1.82, 2.24) is 0 Å². The minimum atomic E-state index is -1.13. The molecule has 0 spiro atoms. The van der Waals surface area contributed by atoms with Crippen LogP contribution in [0.15, 0.2) is 36.1 Å². The Balaban J connectivity index is 2.27. The minimum Gasteiger partial charge on any atom is -0.508 e. The van der Waals surface area contributed by atoms with E-state index in [1.165, 1.54) is 0 Å². The van der Waals surface area contributed by atoms with Crippen molar-refractivity contribution in [2.45, 2.75) is 52.2 Å². The SMILES string of the molecule is CCc1ccc(-c2cc(F)c(Cl)c(F)c2)cc1C1=C(O)C(C)(C)OC(C)(C)C1=O. The second kappa shape index (κ2) is 7.22. The van der Waals surface area contributed by atoms with Gasteiger partial charge in [0.05, 0.1) is 5.57 Å². The summed E-state index contributed by atoms with van der Waals surface area (Å²) >= 11 is 5.59. The molecular formula is C23H23ClF2O3. The van der Waals surface area contributed by atoms with Gasteiger partial charge < -0.3 is 9.84 Å². The van der Waals surface area contributed by atoms with E-state index in [9.17, 15) is 18.7 Å². The van der Waals surface area contributed by atoms with Crippen LogP contribution in [-0.4, -0.2) is 22.1 Å². The van der Waals surface area contributed by atoms with Gasteiger partial charge in [0.15, 0.2) is 5.78 Å². The Kier molecular flexibility index (Phi) is 5.35. The van der Waals surface area contributed by atoms with Gasteiger partial charge in [0, 0.05) is 0 Å². The lowest BCUT2D eigenvalue weighted by Gasteiger charge is -2.40. The van der Waals surface area contributed by atoms with Gasteiger partial charge in [-0.25, -0.2) is 8.78 Å². The summed E-state index contributed by atoms with van der Waals surface area (Å²) in [7, 11) is 0. The first-order valence-electron chi connectivity index (χ1n) is 9.36. The number of carbonyl (C=O) groups is 1. The van der Waals surface area contributed by atoms with Gasteiger partial charge in [0.2, 0.25) is 0 Å². The zero-order valence-electron chi connectivity index (χ0n) is 17.0. The van der Waals surface area contributed by atoms with Crippen molar-refractivity contribution in [3.05, 3.63) is 63.9 Å². The molecule has 3 rings (SSSR count). The Morgan fingerprint density at radius 3 is 2.14 bits per heavy atom. The molecule has 29 heavy (non-hydrogen) atoms. The van der Waals surface area contributed by atoms with Crippen LogP contribution in [0.5, 0.6) is 0 Å². The van der Waals surface area contributed by atoms with E-state index in [1.54, 1.807) is 45.9 Å². The Hall–Kier alpha value is -2.24. The number of ketones is 1. The molecule has 1 N–H and O–H groups in total. The first-order chi connectivity index (χ1) is 13.4. The summed E-state index contributed by atoms with van der Waals surface area (Å²) in [5.74, 6) is -2.25. The number of hydrogen-bond acceptors (Lipinski definition) is 3. The molecule has 0 amide bonds. The predicted molar refractivity (Wildman–Crippen MR) is 110 cm³/mol. The number of hydrogen-bond donors (Lipinski definition) is 1. The summed E-state index contributed by atoms with van der Waals surface area (Å²) in [6.45, 7) is 8.62. The van der Waals surface area contributed by atoms with Crippen LogP contribution in [0.3, 0.4) is 0 Å². The molecule has 6 heteroatoms. The smallest absolute Gasteiger partial charge is 0.198 e. The van der Waals surface area contributed by atoms with Crippen LogP contribution in [0.2, 0.25) is 5.02 Å². The van der Waals surface area contributed by atoms with Gasteiger partial charge >= 0.3 is 0 Å². The van der Waals surface area contributed by atoms with Gasteiger partial charge in [-0.3, -0.25) is 4.79 Å². The first kappa shape index (κ1) is 21.5. The number of aryl methyl sites for hydroxylation is 1. The number of halogens is 3. The van der Waals surface area contributed by atoms with Crippen LogP contribution in [0.25, 0.3) is 16.7 Å². The number of aliphatic hydroxyl groups excluding tert-OH is 1. The van der Waals surface area contributed by atoms with E-state index in [0.717, 1.165) is 17.7 Å². The molecule has 0 unspecified atom stereocenters. The lowest BCUT2D eigenvalue weighted by molar-refractivity contribution is -0.158. The highest BCUT2D eigenvalue weighted by Gasteiger charge is 2.47. The van der Waals surface area contributed by atoms with Crippen LogP contribution in [0.4, 0.5) is 8.78 Å². The minimum absolute atomic E-state index is 0.165. The maximum absolute atomic E-state index is 14.0. The molecule has 0 aromatic heterocycles. The van der Waals surface area contributed by atoms with Gasteiger partial charge in [0.25, 0.3) is 0 Å². The monoisotopic (exact) mass is 420 g/mol. The van der Waals surface area contributed by atoms with E-state index in [-0.39, 0.29) is 22.7 Å². The summed E-state index contributed by atoms with van der Waals surface area (Å²) in [4.78, 5) is 13.1. The summed E-state index contributed by atoms with van der Waals surface area (Å²) in [5, 5.41) is 10.3. The Bertz CT molecular complexity index is 1020. The third-order valence-corrected chi connectivity index (χ3v) is 5.53. The van der Waals surface area contributed by atoms with Gasteiger partial charge in [0.1, 0.15) is 33.6 Å². The maximum atomic E-state index is 14.0. The molecule has 0 atom stereocenters. The number of ether oxygens (including phenoxy) is 1. The summed E-state index contributed by atoms with van der Waals surface area (Å²) < 4.78 is 33.7. The van der Waals surface area contributed by atoms with Crippen LogP contribution in [0, 0.1) is 11.6 Å². The van der Waals surface area contributed by atoms with E-state index in [1.807, 2.05) is 6.92 Å². The maximum Gasteiger partial charge on any atom is 0.198 e. The van der Waals surface area contributed by atoms with Gasteiger partial charge in [-0.1, -0.05) is 30.7 Å². The number of benzene rings is 2. The van der Waals surface area contributed by atoms with Crippen molar-refractivity contribution >= 4 is 23.0 Å². The summed E-state index contributed by atoms with van der Waals surface area (Å²) in [6.07, 6.45) is 0.602. The average Bonchev–Trinajstić information content (AvgIpc) is 2.63. The zero-order valence-corrected chi connectivity index (χ0v) is 17.7. The molecule has 1 aliphatic heterocycles. The molecule has 0 aliphatic carbocycles. The van der Waals surface area contributed by atoms with Crippen molar-refractivity contribution in [1.29, 1.82) is 0 Å². The van der Waals surface area contributed by atoms with E-state index >= 15 is 0 Å².